The van der Waals surface area contributed by atoms with Crippen molar-refractivity contribution in [1.29, 1.82) is 0 Å². The molecule has 3 heterocycles. The van der Waals surface area contributed by atoms with Crippen molar-refractivity contribution >= 4 is 5.69 Å². The van der Waals surface area contributed by atoms with Crippen molar-refractivity contribution in [1.82, 2.24) is 15.0 Å². The Morgan fingerprint density at radius 2 is 0.891 bits per heavy atom. The van der Waals surface area contributed by atoms with Crippen molar-refractivity contribution in [3.63, 3.8) is 0 Å². The topological polar surface area (TPSA) is 59.9 Å². The van der Waals surface area contributed by atoms with Crippen molar-refractivity contribution in [3.8, 4) is 79.0 Å². The molecule has 0 radical (unpaired) electrons. The molecule has 0 bridgehead atoms. The number of rotatable bonds is 5. The first-order valence-corrected chi connectivity index (χ1v) is 21.8. The van der Waals surface area contributed by atoms with Gasteiger partial charge in [-0.25, -0.2) is 15.0 Å². The molecule has 0 saturated carbocycles. The van der Waals surface area contributed by atoms with Gasteiger partial charge in [0.2, 0.25) is 0 Å². The largest absolute Gasteiger partial charge is 0.457 e. The lowest BCUT2D eigenvalue weighted by Crippen LogP contribution is -2.32. The van der Waals surface area contributed by atoms with E-state index in [1.54, 1.807) is 0 Å². The Kier molecular flexibility index (Phi) is 8.12. The second kappa shape index (κ2) is 14.3. The van der Waals surface area contributed by atoms with Gasteiger partial charge >= 0.3 is 0 Å². The quantitative estimate of drug-likeness (QED) is 0.187. The van der Waals surface area contributed by atoms with Crippen molar-refractivity contribution in [2.45, 2.75) is 11.5 Å². The second-order valence-corrected chi connectivity index (χ2v) is 16.7. The highest BCUT2D eigenvalue weighted by molar-refractivity contribution is 6.02. The predicted octanol–water partition coefficient (Wildman–Crippen LogP) is 14.2. The summed E-state index contributed by atoms with van der Waals surface area (Å²) in [5.74, 6) is 3.67. The molecule has 9 aromatic carbocycles. The minimum absolute atomic E-state index is 0.0135. The number of hydrogen-bond donors (Lipinski definition) is 1. The summed E-state index contributed by atoms with van der Waals surface area (Å²) >= 11 is 0. The third-order valence-electron chi connectivity index (χ3n) is 13.3. The van der Waals surface area contributed by atoms with Crippen LogP contribution in [0.5, 0.6) is 11.5 Å². The Bertz CT molecular complexity index is 3340. The number of aromatic nitrogens is 3. The van der Waals surface area contributed by atoms with Gasteiger partial charge in [0.15, 0.2) is 17.5 Å². The van der Waals surface area contributed by atoms with Crippen LogP contribution in [0.15, 0.2) is 218 Å². The van der Waals surface area contributed by atoms with E-state index < -0.39 is 5.41 Å². The summed E-state index contributed by atoms with van der Waals surface area (Å²) in [7, 11) is 0. The number of para-hydroxylation sites is 3. The van der Waals surface area contributed by atoms with Crippen molar-refractivity contribution < 1.29 is 4.74 Å². The molecule has 13 rings (SSSR count). The maximum atomic E-state index is 6.75. The highest BCUT2D eigenvalue weighted by Crippen LogP contribution is 2.65. The van der Waals surface area contributed by atoms with Crippen LogP contribution in [0.3, 0.4) is 0 Å². The average Bonchev–Trinajstić information content (AvgIpc) is 3.66. The zero-order chi connectivity index (χ0) is 42.2. The van der Waals surface area contributed by atoms with E-state index in [1.807, 2.05) is 60.7 Å². The number of benzene rings is 9. The van der Waals surface area contributed by atoms with Gasteiger partial charge in [0.25, 0.3) is 0 Å². The molecule has 1 aliphatic carbocycles. The van der Waals surface area contributed by atoms with Crippen LogP contribution in [0.4, 0.5) is 5.69 Å². The third kappa shape index (κ3) is 5.47. The zero-order valence-corrected chi connectivity index (χ0v) is 34.6. The maximum Gasteiger partial charge on any atom is 0.164 e. The standard InChI is InChI=1S/C59H38N4O/c1-4-16-38(17-5-1)55-45-34-35-48-54(53(45)44-22-10-13-25-50(44)60-55)43-33-32-42(36-49(43)59(48)46-23-11-14-26-51(46)64-52-27-15-12-24-47(52)59)37-28-30-41(31-29-37)58-62-56(39-18-6-2-7-19-39)61-57(63-58)40-20-8-3-9-21-40/h1-36,55,60H. The Morgan fingerprint density at radius 1 is 0.375 bits per heavy atom. The van der Waals surface area contributed by atoms with Gasteiger partial charge in [-0.1, -0.05) is 194 Å². The summed E-state index contributed by atoms with van der Waals surface area (Å²) < 4.78 is 6.75. The van der Waals surface area contributed by atoms with Gasteiger partial charge in [-0.05, 0) is 74.3 Å². The van der Waals surface area contributed by atoms with Crippen LogP contribution < -0.4 is 10.1 Å². The van der Waals surface area contributed by atoms with Crippen LogP contribution >= 0.6 is 0 Å². The number of nitrogens with zero attached hydrogens (tertiary/aromatic N) is 3. The molecule has 5 heteroatoms. The lowest BCUT2D eigenvalue weighted by molar-refractivity contribution is 0.436. The van der Waals surface area contributed by atoms with Crippen LogP contribution in [0.2, 0.25) is 0 Å². The van der Waals surface area contributed by atoms with Crippen LogP contribution in [0.25, 0.3) is 67.5 Å². The van der Waals surface area contributed by atoms with E-state index in [1.165, 1.54) is 44.5 Å². The molecule has 5 nitrogen and oxygen atoms in total. The van der Waals surface area contributed by atoms with Crippen molar-refractivity contribution in [3.05, 3.63) is 252 Å². The van der Waals surface area contributed by atoms with E-state index in [2.05, 4.69) is 163 Å². The Morgan fingerprint density at radius 3 is 1.53 bits per heavy atom. The van der Waals surface area contributed by atoms with E-state index in [-0.39, 0.29) is 6.04 Å². The number of ether oxygens (including phenoxy) is 1. The highest BCUT2D eigenvalue weighted by Gasteiger charge is 2.52. The molecule has 2 aliphatic heterocycles. The smallest absolute Gasteiger partial charge is 0.164 e. The summed E-state index contributed by atoms with van der Waals surface area (Å²) in [6.07, 6.45) is 0. The van der Waals surface area contributed by atoms with Gasteiger partial charge in [0.05, 0.1) is 11.5 Å². The van der Waals surface area contributed by atoms with Crippen molar-refractivity contribution in [2.75, 3.05) is 5.32 Å². The van der Waals surface area contributed by atoms with E-state index >= 15 is 0 Å². The molecule has 0 amide bonds. The highest BCUT2D eigenvalue weighted by atomic mass is 16.5. The summed E-state index contributed by atoms with van der Waals surface area (Å²) in [5.41, 5.74) is 17.8. The number of nitrogens with one attached hydrogen (secondary N) is 1. The lowest BCUT2D eigenvalue weighted by Gasteiger charge is -2.40. The summed E-state index contributed by atoms with van der Waals surface area (Å²) in [5, 5.41) is 3.92. The maximum absolute atomic E-state index is 6.75. The van der Waals surface area contributed by atoms with Gasteiger partial charge < -0.3 is 10.1 Å². The van der Waals surface area contributed by atoms with Crippen LogP contribution in [0, 0.1) is 0 Å². The normalized spacial score (nSPS) is 14.5. The molecule has 64 heavy (non-hydrogen) atoms. The van der Waals surface area contributed by atoms with Crippen LogP contribution in [-0.4, -0.2) is 15.0 Å². The van der Waals surface area contributed by atoms with E-state index in [9.17, 15) is 0 Å². The molecule has 1 spiro atoms. The average molecular weight is 819 g/mol. The zero-order valence-electron chi connectivity index (χ0n) is 34.6. The molecule has 0 fully saturated rings. The number of anilines is 1. The fraction of sp³-hybridized carbons (Fsp3) is 0.0339. The van der Waals surface area contributed by atoms with Gasteiger partial charge in [-0.3, -0.25) is 0 Å². The molecule has 1 N–H and O–H groups in total. The molecule has 300 valence electrons. The monoisotopic (exact) mass is 818 g/mol. The van der Waals surface area contributed by atoms with Crippen molar-refractivity contribution in [2.24, 2.45) is 0 Å². The van der Waals surface area contributed by atoms with Crippen LogP contribution in [0.1, 0.15) is 39.4 Å². The minimum atomic E-state index is -0.643. The molecule has 3 aliphatic rings. The van der Waals surface area contributed by atoms with Gasteiger partial charge in [0, 0.05) is 39.1 Å². The van der Waals surface area contributed by atoms with Crippen LogP contribution in [-0.2, 0) is 5.41 Å². The summed E-state index contributed by atoms with van der Waals surface area (Å²) in [6.45, 7) is 0. The number of hydrogen-bond acceptors (Lipinski definition) is 5. The fourth-order valence-electron chi connectivity index (χ4n) is 10.4. The SMILES string of the molecule is c1ccc(-c2nc(-c3ccccc3)nc(-c3ccc(-c4ccc5c(c4)C4(c6ccccc6Oc6ccccc64)c4ccc6c(c4-5)-c4ccccc4NC6c4ccccc4)cc3)n2)cc1. The van der Waals surface area contributed by atoms with Gasteiger partial charge in [-0.2, -0.15) is 0 Å². The first kappa shape index (κ1) is 36.3. The third-order valence-corrected chi connectivity index (χ3v) is 13.3. The molecule has 10 aromatic rings. The van der Waals surface area contributed by atoms with Gasteiger partial charge in [0.1, 0.15) is 11.5 Å². The summed E-state index contributed by atoms with van der Waals surface area (Å²) in [4.78, 5) is 14.9. The van der Waals surface area contributed by atoms with E-state index in [4.69, 9.17) is 19.7 Å². The Labute approximate surface area is 371 Å². The van der Waals surface area contributed by atoms with E-state index in [0.717, 1.165) is 56.1 Å². The van der Waals surface area contributed by atoms with E-state index in [0.29, 0.717) is 17.5 Å². The predicted molar refractivity (Wildman–Crippen MR) is 256 cm³/mol. The molecule has 1 aromatic heterocycles. The molecule has 1 unspecified atom stereocenters. The molecular formula is C59H38N4O. The lowest BCUT2D eigenvalue weighted by atomic mass is 9.65. The minimum Gasteiger partial charge on any atom is -0.457 e. The fourth-order valence-corrected chi connectivity index (χ4v) is 10.4. The summed E-state index contributed by atoms with van der Waals surface area (Å²) in [6, 6.07) is 77.5. The Balaban J connectivity index is 1.01. The van der Waals surface area contributed by atoms with Gasteiger partial charge in [-0.15, -0.1) is 0 Å². The first-order valence-electron chi connectivity index (χ1n) is 21.8. The molecular weight excluding hydrogens is 781 g/mol. The second-order valence-electron chi connectivity index (χ2n) is 16.7. The molecule has 0 saturated heterocycles. The number of fused-ring (bicyclic) bond motifs is 13. The Hall–Kier alpha value is -8.41. The first-order chi connectivity index (χ1) is 31.7. The molecule has 1 atom stereocenters.